The van der Waals surface area contributed by atoms with Crippen molar-refractivity contribution >= 4 is 0 Å². The fourth-order valence-electron chi connectivity index (χ4n) is 1.79. The summed E-state index contributed by atoms with van der Waals surface area (Å²) < 4.78 is 10.6. The van der Waals surface area contributed by atoms with Gasteiger partial charge in [0.05, 0.1) is 32.0 Å². The first-order chi connectivity index (χ1) is 7.31. The second-order valence-corrected chi connectivity index (χ2v) is 3.79. The van der Waals surface area contributed by atoms with E-state index in [1.54, 1.807) is 7.11 Å². The number of rotatable bonds is 6. The lowest BCUT2D eigenvalue weighted by Gasteiger charge is -2.36. The molecule has 1 aliphatic heterocycles. The van der Waals surface area contributed by atoms with E-state index in [1.165, 1.54) is 0 Å². The maximum atomic E-state index is 9.07. The van der Waals surface area contributed by atoms with Gasteiger partial charge in [0.25, 0.3) is 0 Å². The molecule has 0 aromatic rings. The van der Waals surface area contributed by atoms with Crippen LogP contribution in [0.2, 0.25) is 0 Å². The zero-order valence-electron chi connectivity index (χ0n) is 9.26. The van der Waals surface area contributed by atoms with E-state index in [4.69, 9.17) is 19.7 Å². The van der Waals surface area contributed by atoms with Crippen molar-refractivity contribution in [2.75, 3.05) is 46.6 Å². The van der Waals surface area contributed by atoms with Crippen LogP contribution in [0.4, 0.5) is 0 Å². The molecule has 15 heavy (non-hydrogen) atoms. The Morgan fingerprint density at radius 2 is 2.20 bits per heavy atom. The zero-order valence-corrected chi connectivity index (χ0v) is 9.26. The van der Waals surface area contributed by atoms with Crippen LogP contribution >= 0.6 is 0 Å². The van der Waals surface area contributed by atoms with Crippen LogP contribution < -0.4 is 0 Å². The van der Waals surface area contributed by atoms with E-state index in [9.17, 15) is 0 Å². The van der Waals surface area contributed by atoms with E-state index in [0.717, 1.165) is 19.5 Å². The van der Waals surface area contributed by atoms with Crippen LogP contribution in [0, 0.1) is 0 Å². The first-order valence-corrected chi connectivity index (χ1v) is 5.38. The molecule has 0 radical (unpaired) electrons. The normalized spacial score (nSPS) is 23.6. The molecule has 1 fully saturated rings. The zero-order chi connectivity index (χ0) is 11.1. The first-order valence-electron chi connectivity index (χ1n) is 5.38. The second-order valence-electron chi connectivity index (χ2n) is 3.79. The Hall–Kier alpha value is -0.200. The summed E-state index contributed by atoms with van der Waals surface area (Å²) in [7, 11) is 1.67. The van der Waals surface area contributed by atoms with E-state index in [2.05, 4.69) is 4.90 Å². The average Bonchev–Trinajstić information content (AvgIpc) is 2.29. The summed E-state index contributed by atoms with van der Waals surface area (Å²) in [4.78, 5) is 2.07. The molecular formula is C10H21NO4. The summed E-state index contributed by atoms with van der Waals surface area (Å²) in [6.45, 7) is 2.86. The van der Waals surface area contributed by atoms with Crippen molar-refractivity contribution in [2.24, 2.45) is 0 Å². The van der Waals surface area contributed by atoms with E-state index >= 15 is 0 Å². The summed E-state index contributed by atoms with van der Waals surface area (Å²) in [6.07, 6.45) is 1.01. The lowest BCUT2D eigenvalue weighted by Crippen LogP contribution is -2.50. The minimum atomic E-state index is -0.154. The number of aliphatic hydroxyl groups excluding tert-OH is 2. The molecule has 0 unspecified atom stereocenters. The maximum Gasteiger partial charge on any atom is 0.0724 e. The first kappa shape index (κ1) is 12.9. The van der Waals surface area contributed by atoms with E-state index in [-0.39, 0.29) is 25.4 Å². The standard InChI is InChI=1S/C10H21NO4/c1-14-4-2-10-6-11(3-5-15-10)9(7-12)8-13/h9-10,12-13H,2-8H2,1H3/t10-/m0/s1. The smallest absolute Gasteiger partial charge is 0.0724 e. The van der Waals surface area contributed by atoms with Crippen molar-refractivity contribution in [3.05, 3.63) is 0 Å². The Kier molecular flexibility index (Phi) is 6.12. The minimum absolute atomic E-state index is 0.00645. The third-order valence-electron chi connectivity index (χ3n) is 2.75. The van der Waals surface area contributed by atoms with Gasteiger partial charge in [0.1, 0.15) is 0 Å². The number of morpholine rings is 1. The molecule has 1 heterocycles. The Bertz CT molecular complexity index is 164. The van der Waals surface area contributed by atoms with Crippen LogP contribution in [0.1, 0.15) is 6.42 Å². The predicted octanol–water partition coefficient (Wildman–Crippen LogP) is -0.923. The topological polar surface area (TPSA) is 62.2 Å². The van der Waals surface area contributed by atoms with Gasteiger partial charge in [-0.15, -0.1) is 0 Å². The van der Waals surface area contributed by atoms with E-state index < -0.39 is 0 Å². The number of ether oxygens (including phenoxy) is 2. The van der Waals surface area contributed by atoms with Crippen LogP contribution in [0.3, 0.4) is 0 Å². The van der Waals surface area contributed by atoms with Gasteiger partial charge < -0.3 is 19.7 Å². The third-order valence-corrected chi connectivity index (χ3v) is 2.75. The highest BCUT2D eigenvalue weighted by Gasteiger charge is 2.25. The van der Waals surface area contributed by atoms with Crippen LogP contribution in [0.15, 0.2) is 0 Å². The summed E-state index contributed by atoms with van der Waals surface area (Å²) in [5.74, 6) is 0. The summed E-state index contributed by atoms with van der Waals surface area (Å²) in [6, 6.07) is -0.154. The van der Waals surface area contributed by atoms with Crippen LogP contribution in [-0.4, -0.2) is 73.9 Å². The van der Waals surface area contributed by atoms with E-state index in [1.807, 2.05) is 0 Å². The van der Waals surface area contributed by atoms with Gasteiger partial charge in [0.2, 0.25) is 0 Å². The average molecular weight is 219 g/mol. The van der Waals surface area contributed by atoms with Crippen molar-refractivity contribution in [1.82, 2.24) is 4.90 Å². The van der Waals surface area contributed by atoms with Crippen LogP contribution in [0.25, 0.3) is 0 Å². The molecule has 90 valence electrons. The second kappa shape index (κ2) is 7.14. The van der Waals surface area contributed by atoms with Crippen LogP contribution in [0.5, 0.6) is 0 Å². The number of aliphatic hydroxyl groups is 2. The highest BCUT2D eigenvalue weighted by Crippen LogP contribution is 2.11. The molecule has 0 bridgehead atoms. The van der Waals surface area contributed by atoms with Gasteiger partial charge in [0.15, 0.2) is 0 Å². The fraction of sp³-hybridized carbons (Fsp3) is 1.00. The summed E-state index contributed by atoms with van der Waals surface area (Å²) in [5.41, 5.74) is 0. The Morgan fingerprint density at radius 1 is 1.47 bits per heavy atom. The van der Waals surface area contributed by atoms with Crippen molar-refractivity contribution in [3.63, 3.8) is 0 Å². The van der Waals surface area contributed by atoms with Crippen LogP contribution in [-0.2, 0) is 9.47 Å². The van der Waals surface area contributed by atoms with E-state index in [0.29, 0.717) is 13.2 Å². The van der Waals surface area contributed by atoms with Crippen molar-refractivity contribution in [1.29, 1.82) is 0 Å². The molecule has 0 aromatic heterocycles. The molecule has 1 saturated heterocycles. The molecule has 0 saturated carbocycles. The summed E-state index contributed by atoms with van der Waals surface area (Å²) >= 11 is 0. The molecule has 2 N–H and O–H groups in total. The number of methoxy groups -OCH3 is 1. The van der Waals surface area contributed by atoms with Gasteiger partial charge in [-0.05, 0) is 6.42 Å². The molecule has 0 aliphatic carbocycles. The number of hydrogen-bond acceptors (Lipinski definition) is 5. The SMILES string of the molecule is COCC[C@H]1CN(C(CO)CO)CCO1. The Morgan fingerprint density at radius 3 is 2.80 bits per heavy atom. The molecule has 5 heteroatoms. The molecule has 1 rings (SSSR count). The van der Waals surface area contributed by atoms with Gasteiger partial charge in [-0.25, -0.2) is 0 Å². The molecule has 5 nitrogen and oxygen atoms in total. The van der Waals surface area contributed by atoms with Gasteiger partial charge in [-0.3, -0.25) is 4.90 Å². The molecular weight excluding hydrogens is 198 g/mol. The van der Waals surface area contributed by atoms with Crippen molar-refractivity contribution < 1.29 is 19.7 Å². The Balaban J connectivity index is 2.33. The van der Waals surface area contributed by atoms with Crippen molar-refractivity contribution in [3.8, 4) is 0 Å². The highest BCUT2D eigenvalue weighted by molar-refractivity contribution is 4.77. The minimum Gasteiger partial charge on any atom is -0.395 e. The predicted molar refractivity (Wildman–Crippen MR) is 55.8 cm³/mol. The summed E-state index contributed by atoms with van der Waals surface area (Å²) in [5, 5.41) is 18.1. The van der Waals surface area contributed by atoms with Gasteiger partial charge in [-0.1, -0.05) is 0 Å². The van der Waals surface area contributed by atoms with Gasteiger partial charge in [0, 0.05) is 26.8 Å². The Labute approximate surface area is 90.6 Å². The number of nitrogens with zero attached hydrogens (tertiary/aromatic N) is 1. The van der Waals surface area contributed by atoms with Gasteiger partial charge in [-0.2, -0.15) is 0 Å². The maximum absolute atomic E-state index is 9.07. The van der Waals surface area contributed by atoms with Gasteiger partial charge >= 0.3 is 0 Å². The third kappa shape index (κ3) is 4.04. The lowest BCUT2D eigenvalue weighted by molar-refractivity contribution is -0.0673. The molecule has 1 aliphatic rings. The largest absolute Gasteiger partial charge is 0.395 e. The monoisotopic (exact) mass is 219 g/mol. The number of hydrogen-bond donors (Lipinski definition) is 2. The lowest BCUT2D eigenvalue weighted by atomic mass is 10.1. The van der Waals surface area contributed by atoms with Crippen molar-refractivity contribution in [2.45, 2.75) is 18.6 Å². The fourth-order valence-corrected chi connectivity index (χ4v) is 1.79. The quantitative estimate of drug-likeness (QED) is 0.605. The molecule has 1 atom stereocenters. The highest BCUT2D eigenvalue weighted by atomic mass is 16.5. The molecule has 0 amide bonds. The molecule has 0 spiro atoms. The molecule has 0 aromatic carbocycles.